The second kappa shape index (κ2) is 9.06. The second-order valence-corrected chi connectivity index (χ2v) is 9.57. The van der Waals surface area contributed by atoms with Gasteiger partial charge in [-0.2, -0.15) is 0 Å². The standard InChI is InChI=1S/C22H26ClN3O3S/c1-3-29-18-13-26(12-17(18)24-21(27)19-6-7-20(23)30-19)22(28)15-4-5-16-11-25(2)9-8-14(16)10-15/h4-7,10,17-18H,3,8-9,11-13H2,1-2H3,(H,24,27)/t17-,18-/m0/s1. The largest absolute Gasteiger partial charge is 0.374 e. The number of benzene rings is 1. The molecule has 0 unspecified atom stereocenters. The number of nitrogens with one attached hydrogen (secondary N) is 1. The smallest absolute Gasteiger partial charge is 0.261 e. The van der Waals surface area contributed by atoms with Gasteiger partial charge in [-0.3, -0.25) is 9.59 Å². The highest BCUT2D eigenvalue weighted by atomic mass is 35.5. The summed E-state index contributed by atoms with van der Waals surface area (Å²) in [5.41, 5.74) is 3.23. The third kappa shape index (κ3) is 4.54. The van der Waals surface area contributed by atoms with Crippen molar-refractivity contribution in [2.75, 3.05) is 33.3 Å². The molecular formula is C22H26ClN3O3S. The van der Waals surface area contributed by atoms with E-state index in [2.05, 4.69) is 23.3 Å². The van der Waals surface area contributed by atoms with Crippen LogP contribution in [0.4, 0.5) is 0 Å². The molecule has 0 saturated carbocycles. The zero-order chi connectivity index (χ0) is 21.3. The van der Waals surface area contributed by atoms with Gasteiger partial charge in [-0.1, -0.05) is 17.7 Å². The van der Waals surface area contributed by atoms with Crippen LogP contribution in [0.1, 0.15) is 38.1 Å². The Kier molecular flexibility index (Phi) is 6.43. The summed E-state index contributed by atoms with van der Waals surface area (Å²) >= 11 is 7.19. The van der Waals surface area contributed by atoms with Gasteiger partial charge < -0.3 is 19.9 Å². The summed E-state index contributed by atoms with van der Waals surface area (Å²) in [6.07, 6.45) is 0.723. The van der Waals surface area contributed by atoms with Crippen molar-refractivity contribution in [1.82, 2.24) is 15.1 Å². The Hall–Kier alpha value is -1.93. The summed E-state index contributed by atoms with van der Waals surface area (Å²) in [5, 5.41) is 3.02. The predicted molar refractivity (Wildman–Crippen MR) is 118 cm³/mol. The summed E-state index contributed by atoms with van der Waals surface area (Å²) in [7, 11) is 2.11. The molecule has 0 radical (unpaired) electrons. The van der Waals surface area contributed by atoms with E-state index >= 15 is 0 Å². The number of likely N-dealkylation sites (N-methyl/N-ethyl adjacent to an activating group) is 1. The maximum absolute atomic E-state index is 13.2. The Bertz CT molecular complexity index is 947. The molecule has 6 nitrogen and oxygen atoms in total. The van der Waals surface area contributed by atoms with E-state index in [1.807, 2.05) is 19.1 Å². The van der Waals surface area contributed by atoms with Crippen molar-refractivity contribution in [2.45, 2.75) is 32.0 Å². The van der Waals surface area contributed by atoms with E-state index in [0.717, 1.165) is 19.5 Å². The van der Waals surface area contributed by atoms with Crippen LogP contribution in [0.3, 0.4) is 0 Å². The van der Waals surface area contributed by atoms with Crippen LogP contribution in [0.2, 0.25) is 4.34 Å². The molecule has 30 heavy (non-hydrogen) atoms. The lowest BCUT2D eigenvalue weighted by Crippen LogP contribution is -2.43. The third-order valence-electron chi connectivity index (χ3n) is 5.70. The maximum atomic E-state index is 13.2. The summed E-state index contributed by atoms with van der Waals surface area (Å²) in [4.78, 5) is 30.4. The van der Waals surface area contributed by atoms with Gasteiger partial charge in [0, 0.05) is 38.3 Å². The average molecular weight is 448 g/mol. The van der Waals surface area contributed by atoms with E-state index in [9.17, 15) is 9.59 Å². The molecule has 3 heterocycles. The lowest BCUT2D eigenvalue weighted by atomic mass is 9.97. The van der Waals surface area contributed by atoms with Crippen molar-refractivity contribution < 1.29 is 14.3 Å². The number of halogens is 1. The first-order valence-electron chi connectivity index (χ1n) is 10.2. The number of likely N-dealkylation sites (tertiary alicyclic amines) is 1. The SMILES string of the molecule is CCO[C@H]1CN(C(=O)c2ccc3c(c2)CCN(C)C3)C[C@@H]1NC(=O)c1ccc(Cl)s1. The Morgan fingerprint density at radius 1 is 1.23 bits per heavy atom. The normalized spacial score (nSPS) is 21.5. The van der Waals surface area contributed by atoms with Gasteiger partial charge in [0.25, 0.3) is 11.8 Å². The van der Waals surface area contributed by atoms with Crippen molar-refractivity contribution in [3.63, 3.8) is 0 Å². The topological polar surface area (TPSA) is 61.9 Å². The summed E-state index contributed by atoms with van der Waals surface area (Å²) in [6, 6.07) is 9.16. The first-order valence-corrected chi connectivity index (χ1v) is 11.4. The number of hydrogen-bond donors (Lipinski definition) is 1. The molecule has 0 spiro atoms. The number of carbonyl (C=O) groups excluding carboxylic acids is 2. The molecule has 1 aromatic heterocycles. The van der Waals surface area contributed by atoms with Crippen molar-refractivity contribution in [3.05, 3.63) is 56.2 Å². The van der Waals surface area contributed by atoms with E-state index in [1.54, 1.807) is 17.0 Å². The highest BCUT2D eigenvalue weighted by Gasteiger charge is 2.37. The number of hydrogen-bond acceptors (Lipinski definition) is 5. The van der Waals surface area contributed by atoms with Crippen LogP contribution in [0.5, 0.6) is 0 Å². The van der Waals surface area contributed by atoms with Crippen LogP contribution in [0.25, 0.3) is 0 Å². The van der Waals surface area contributed by atoms with Gasteiger partial charge in [-0.25, -0.2) is 0 Å². The summed E-state index contributed by atoms with van der Waals surface area (Å²) < 4.78 is 6.41. The number of carbonyl (C=O) groups is 2. The van der Waals surface area contributed by atoms with Gasteiger partial charge in [0.1, 0.15) is 0 Å². The van der Waals surface area contributed by atoms with Gasteiger partial charge in [0.15, 0.2) is 0 Å². The van der Waals surface area contributed by atoms with Gasteiger partial charge in [0.05, 0.1) is 21.4 Å². The highest BCUT2D eigenvalue weighted by Crippen LogP contribution is 2.24. The molecule has 160 valence electrons. The summed E-state index contributed by atoms with van der Waals surface area (Å²) in [6.45, 7) is 5.25. The first-order chi connectivity index (χ1) is 14.4. The zero-order valence-electron chi connectivity index (χ0n) is 17.2. The molecule has 2 atom stereocenters. The molecule has 1 aromatic carbocycles. The van der Waals surface area contributed by atoms with Gasteiger partial charge in [0.2, 0.25) is 0 Å². The number of amides is 2. The monoisotopic (exact) mass is 447 g/mol. The molecule has 4 rings (SSSR count). The van der Waals surface area contributed by atoms with Crippen molar-refractivity contribution >= 4 is 34.8 Å². The molecule has 2 amide bonds. The van der Waals surface area contributed by atoms with E-state index in [1.165, 1.54) is 22.5 Å². The molecule has 1 fully saturated rings. The minimum atomic E-state index is -0.256. The quantitative estimate of drug-likeness (QED) is 0.765. The first kappa shape index (κ1) is 21.3. The number of nitrogens with zero attached hydrogens (tertiary/aromatic N) is 2. The van der Waals surface area contributed by atoms with Gasteiger partial charge in [-0.05, 0) is 55.8 Å². The van der Waals surface area contributed by atoms with Crippen LogP contribution in [0, 0.1) is 0 Å². The molecule has 0 aliphatic carbocycles. The number of ether oxygens (including phenoxy) is 1. The predicted octanol–water partition coefficient (Wildman–Crippen LogP) is 3.05. The minimum Gasteiger partial charge on any atom is -0.374 e. The Morgan fingerprint density at radius 2 is 2.07 bits per heavy atom. The number of thiophene rings is 1. The molecule has 8 heteroatoms. The number of fused-ring (bicyclic) bond motifs is 1. The van der Waals surface area contributed by atoms with E-state index < -0.39 is 0 Å². The Balaban J connectivity index is 1.46. The molecule has 1 N–H and O–H groups in total. The van der Waals surface area contributed by atoms with Crippen molar-refractivity contribution in [1.29, 1.82) is 0 Å². The van der Waals surface area contributed by atoms with E-state index in [-0.39, 0.29) is 24.0 Å². The fraction of sp³-hybridized carbons (Fsp3) is 0.455. The lowest BCUT2D eigenvalue weighted by molar-refractivity contribution is 0.0482. The second-order valence-electron chi connectivity index (χ2n) is 7.86. The Morgan fingerprint density at radius 3 is 2.80 bits per heavy atom. The lowest BCUT2D eigenvalue weighted by Gasteiger charge is -2.25. The molecule has 2 aliphatic rings. The minimum absolute atomic E-state index is 0.0163. The van der Waals surface area contributed by atoms with Crippen molar-refractivity contribution in [2.24, 2.45) is 0 Å². The van der Waals surface area contributed by atoms with Crippen LogP contribution in [0.15, 0.2) is 30.3 Å². The van der Waals surface area contributed by atoms with E-state index in [4.69, 9.17) is 16.3 Å². The average Bonchev–Trinajstić information content (AvgIpc) is 3.34. The van der Waals surface area contributed by atoms with Crippen LogP contribution in [-0.4, -0.2) is 67.0 Å². The van der Waals surface area contributed by atoms with E-state index in [0.29, 0.717) is 34.5 Å². The van der Waals surface area contributed by atoms with Gasteiger partial charge >= 0.3 is 0 Å². The Labute approximate surface area is 185 Å². The highest BCUT2D eigenvalue weighted by molar-refractivity contribution is 7.18. The maximum Gasteiger partial charge on any atom is 0.261 e. The molecule has 2 aliphatic heterocycles. The molecular weight excluding hydrogens is 422 g/mol. The number of rotatable bonds is 5. The molecule has 2 aromatic rings. The summed E-state index contributed by atoms with van der Waals surface area (Å²) in [5.74, 6) is -0.203. The molecule has 0 bridgehead atoms. The van der Waals surface area contributed by atoms with Crippen LogP contribution < -0.4 is 5.32 Å². The van der Waals surface area contributed by atoms with Gasteiger partial charge in [-0.15, -0.1) is 11.3 Å². The third-order valence-corrected chi connectivity index (χ3v) is 6.93. The fourth-order valence-corrected chi connectivity index (χ4v) is 5.09. The zero-order valence-corrected chi connectivity index (χ0v) is 18.8. The van der Waals surface area contributed by atoms with Crippen LogP contribution in [-0.2, 0) is 17.7 Å². The van der Waals surface area contributed by atoms with Crippen LogP contribution >= 0.6 is 22.9 Å². The van der Waals surface area contributed by atoms with Crippen molar-refractivity contribution in [3.8, 4) is 0 Å². The molecule has 1 saturated heterocycles. The fourth-order valence-electron chi connectivity index (χ4n) is 4.15.